The summed E-state index contributed by atoms with van der Waals surface area (Å²) in [6.45, 7) is 5.60. The number of aromatic nitrogens is 1. The van der Waals surface area contributed by atoms with Gasteiger partial charge in [0.2, 0.25) is 0 Å². The van der Waals surface area contributed by atoms with Gasteiger partial charge in [-0.25, -0.2) is 0 Å². The molecule has 0 radical (unpaired) electrons. The molecule has 0 spiro atoms. The monoisotopic (exact) mass is 264 g/mol. The van der Waals surface area contributed by atoms with Crippen LogP contribution in [0.5, 0.6) is 0 Å². The molecule has 1 N–H and O–H groups in total. The van der Waals surface area contributed by atoms with Gasteiger partial charge in [-0.05, 0) is 44.7 Å². The Hall–Kier alpha value is -1.13. The van der Waals surface area contributed by atoms with Crippen LogP contribution in [0, 0.1) is 5.92 Å². The molecule has 4 nitrogen and oxygen atoms in total. The summed E-state index contributed by atoms with van der Waals surface area (Å²) in [5.41, 5.74) is 1.83. The average Bonchev–Trinajstić information content (AvgIpc) is 3.23. The van der Waals surface area contributed by atoms with Crippen LogP contribution in [0.2, 0.25) is 0 Å². The molecule has 1 aliphatic rings. The average molecular weight is 264 g/mol. The van der Waals surface area contributed by atoms with Crippen molar-refractivity contribution in [2.45, 2.75) is 38.8 Å². The number of aliphatic hydroxyl groups excluding tert-OH is 1. The lowest BCUT2D eigenvalue weighted by molar-refractivity contribution is 0.194. The van der Waals surface area contributed by atoms with Gasteiger partial charge in [0.15, 0.2) is 0 Å². The molecule has 19 heavy (non-hydrogen) atoms. The Balaban J connectivity index is 2.11. The van der Waals surface area contributed by atoms with E-state index in [4.69, 9.17) is 4.74 Å². The largest absolute Gasteiger partial charge is 0.387 e. The predicted molar refractivity (Wildman–Crippen MR) is 76.3 cm³/mol. The van der Waals surface area contributed by atoms with E-state index in [1.165, 1.54) is 12.8 Å². The first kappa shape index (κ1) is 14.3. The number of methoxy groups -OCH3 is 1. The topological polar surface area (TPSA) is 45.6 Å². The third-order valence-corrected chi connectivity index (χ3v) is 3.86. The van der Waals surface area contributed by atoms with Gasteiger partial charge in [-0.3, -0.25) is 4.98 Å². The summed E-state index contributed by atoms with van der Waals surface area (Å²) in [4.78, 5) is 6.70. The molecule has 1 aromatic heterocycles. The third kappa shape index (κ3) is 3.67. The van der Waals surface area contributed by atoms with Crippen molar-refractivity contribution in [2.24, 2.45) is 5.92 Å². The smallest absolute Gasteiger partial charge is 0.0931 e. The van der Waals surface area contributed by atoms with Gasteiger partial charge in [0.05, 0.1) is 30.3 Å². The molecular weight excluding hydrogens is 240 g/mol. The van der Waals surface area contributed by atoms with Crippen molar-refractivity contribution in [1.29, 1.82) is 0 Å². The van der Waals surface area contributed by atoms with Gasteiger partial charge in [-0.1, -0.05) is 0 Å². The number of nitrogens with zero attached hydrogens (tertiary/aromatic N) is 2. The normalized spacial score (nSPS) is 18.1. The van der Waals surface area contributed by atoms with Crippen LogP contribution in [-0.4, -0.2) is 36.4 Å². The van der Waals surface area contributed by atoms with E-state index in [1.807, 2.05) is 18.3 Å². The van der Waals surface area contributed by atoms with Crippen molar-refractivity contribution in [3.63, 3.8) is 0 Å². The van der Waals surface area contributed by atoms with Gasteiger partial charge in [-0.2, -0.15) is 0 Å². The Morgan fingerprint density at radius 1 is 1.42 bits per heavy atom. The summed E-state index contributed by atoms with van der Waals surface area (Å²) in [5.74, 6) is 0.799. The van der Waals surface area contributed by atoms with Crippen LogP contribution in [0.4, 0.5) is 5.69 Å². The molecule has 2 unspecified atom stereocenters. The molecule has 2 rings (SSSR count). The molecule has 106 valence electrons. The summed E-state index contributed by atoms with van der Waals surface area (Å²) in [6.07, 6.45) is 3.99. The highest BCUT2D eigenvalue weighted by molar-refractivity contribution is 5.46. The van der Waals surface area contributed by atoms with Gasteiger partial charge < -0.3 is 14.7 Å². The summed E-state index contributed by atoms with van der Waals surface area (Å²) >= 11 is 0. The highest BCUT2D eigenvalue weighted by Gasteiger charge is 2.32. The Bertz CT molecular complexity index is 388. The Morgan fingerprint density at radius 3 is 2.63 bits per heavy atom. The Morgan fingerprint density at radius 2 is 2.16 bits per heavy atom. The van der Waals surface area contributed by atoms with Crippen molar-refractivity contribution in [1.82, 2.24) is 4.98 Å². The number of hydrogen-bond donors (Lipinski definition) is 1. The van der Waals surface area contributed by atoms with E-state index >= 15 is 0 Å². The van der Waals surface area contributed by atoms with Gasteiger partial charge in [0.1, 0.15) is 0 Å². The quantitative estimate of drug-likeness (QED) is 0.821. The molecular formula is C15H24N2O2. The first-order chi connectivity index (χ1) is 9.13. The number of aliphatic hydroxyl groups is 1. The van der Waals surface area contributed by atoms with Crippen molar-refractivity contribution < 1.29 is 9.84 Å². The zero-order valence-electron chi connectivity index (χ0n) is 12.0. The second-order valence-corrected chi connectivity index (χ2v) is 5.38. The van der Waals surface area contributed by atoms with E-state index < -0.39 is 6.10 Å². The van der Waals surface area contributed by atoms with E-state index in [9.17, 15) is 5.11 Å². The fourth-order valence-electron chi connectivity index (χ4n) is 2.41. The van der Waals surface area contributed by atoms with Gasteiger partial charge >= 0.3 is 0 Å². The lowest BCUT2D eigenvalue weighted by Crippen LogP contribution is -2.37. The molecule has 1 fully saturated rings. The van der Waals surface area contributed by atoms with Crippen LogP contribution in [0.25, 0.3) is 0 Å². The maximum Gasteiger partial charge on any atom is 0.0931 e. The highest BCUT2D eigenvalue weighted by Crippen LogP contribution is 2.36. The lowest BCUT2D eigenvalue weighted by atomic mass is 10.1. The molecule has 1 saturated carbocycles. The predicted octanol–water partition coefficient (Wildman–Crippen LogP) is 2.39. The second-order valence-electron chi connectivity index (χ2n) is 5.38. The first-order valence-electron chi connectivity index (χ1n) is 7.03. The minimum Gasteiger partial charge on any atom is -0.387 e. The lowest BCUT2D eigenvalue weighted by Gasteiger charge is -2.31. The van der Waals surface area contributed by atoms with Crippen molar-refractivity contribution in [3.8, 4) is 0 Å². The van der Waals surface area contributed by atoms with Crippen molar-refractivity contribution in [3.05, 3.63) is 24.0 Å². The minimum absolute atomic E-state index is 0.512. The van der Waals surface area contributed by atoms with Crippen molar-refractivity contribution in [2.75, 3.05) is 25.2 Å². The Kier molecular flexibility index (Phi) is 4.77. The second kappa shape index (κ2) is 6.35. The zero-order chi connectivity index (χ0) is 13.8. The molecule has 0 aromatic carbocycles. The Labute approximate surface area is 115 Å². The van der Waals surface area contributed by atoms with E-state index in [1.54, 1.807) is 14.0 Å². The summed E-state index contributed by atoms with van der Waals surface area (Å²) in [5, 5.41) is 9.51. The van der Waals surface area contributed by atoms with E-state index in [0.717, 1.165) is 30.5 Å². The standard InChI is InChI=1S/C15H24N2O2/c1-11(13-4-5-13)17(8-9-19-3)14-6-7-15(12(2)18)16-10-14/h6-7,10-13,18H,4-5,8-9H2,1-3H3. The van der Waals surface area contributed by atoms with Gasteiger partial charge in [-0.15, -0.1) is 0 Å². The van der Waals surface area contributed by atoms with E-state index in [-0.39, 0.29) is 0 Å². The van der Waals surface area contributed by atoms with Crippen LogP contribution in [0.1, 0.15) is 38.5 Å². The number of pyridine rings is 1. The van der Waals surface area contributed by atoms with Crippen LogP contribution in [0.3, 0.4) is 0 Å². The van der Waals surface area contributed by atoms with E-state index in [0.29, 0.717) is 6.04 Å². The number of ether oxygens (including phenoxy) is 1. The molecule has 0 amide bonds. The maximum absolute atomic E-state index is 9.51. The fraction of sp³-hybridized carbons (Fsp3) is 0.667. The zero-order valence-corrected chi connectivity index (χ0v) is 12.0. The summed E-state index contributed by atoms with van der Waals surface area (Å²) < 4.78 is 5.20. The van der Waals surface area contributed by atoms with Crippen LogP contribution in [0.15, 0.2) is 18.3 Å². The van der Waals surface area contributed by atoms with Crippen LogP contribution >= 0.6 is 0 Å². The molecule has 0 aliphatic heterocycles. The summed E-state index contributed by atoms with van der Waals surface area (Å²) in [6, 6.07) is 4.47. The molecule has 0 bridgehead atoms. The third-order valence-electron chi connectivity index (χ3n) is 3.86. The maximum atomic E-state index is 9.51. The molecule has 2 atom stereocenters. The minimum atomic E-state index is -0.512. The molecule has 1 aliphatic carbocycles. The number of rotatable bonds is 7. The SMILES string of the molecule is COCCN(c1ccc(C(C)O)nc1)C(C)C1CC1. The van der Waals surface area contributed by atoms with Crippen LogP contribution < -0.4 is 4.90 Å². The van der Waals surface area contributed by atoms with Crippen LogP contribution in [-0.2, 0) is 4.74 Å². The fourth-order valence-corrected chi connectivity index (χ4v) is 2.41. The molecule has 1 heterocycles. The van der Waals surface area contributed by atoms with E-state index in [2.05, 4.69) is 16.8 Å². The number of hydrogen-bond acceptors (Lipinski definition) is 4. The van der Waals surface area contributed by atoms with Gasteiger partial charge in [0.25, 0.3) is 0 Å². The van der Waals surface area contributed by atoms with Gasteiger partial charge in [0, 0.05) is 19.7 Å². The molecule has 4 heteroatoms. The highest BCUT2D eigenvalue weighted by atomic mass is 16.5. The van der Waals surface area contributed by atoms with Crippen molar-refractivity contribution >= 4 is 5.69 Å². The summed E-state index contributed by atoms with van der Waals surface area (Å²) in [7, 11) is 1.73. The number of anilines is 1. The molecule has 1 aromatic rings. The first-order valence-corrected chi connectivity index (χ1v) is 7.03. The molecule has 0 saturated heterocycles.